The van der Waals surface area contributed by atoms with Crippen LogP contribution in [-0.2, 0) is 13.1 Å². The van der Waals surface area contributed by atoms with Crippen LogP contribution in [-0.4, -0.2) is 46.4 Å². The van der Waals surface area contributed by atoms with E-state index in [-0.39, 0.29) is 0 Å². The van der Waals surface area contributed by atoms with Crippen LogP contribution in [0.4, 0.5) is 5.69 Å². The molecule has 1 aromatic heterocycles. The second kappa shape index (κ2) is 9.02. The molecule has 8 heteroatoms. The molecule has 1 saturated heterocycles. The molecule has 2 N–H and O–H groups in total. The average molecular weight is 420 g/mol. The van der Waals surface area contributed by atoms with Gasteiger partial charge < -0.3 is 20.1 Å². The average Bonchev–Trinajstić information content (AvgIpc) is 3.29. The van der Waals surface area contributed by atoms with Gasteiger partial charge in [0.05, 0.1) is 5.69 Å². The standard InChI is InChI=1S/C18H26BrN7/c1-3-20-18(21-11-17-24-22-13-25(17)4-2)23-14-9-10-26(12-14)16-8-6-5-7-15(16)19/h5-8,13-14H,3-4,9-12H2,1-2H3,(H2,20,21,23). The minimum absolute atomic E-state index is 0.365. The van der Waals surface area contributed by atoms with Crippen LogP contribution in [0.5, 0.6) is 0 Å². The Bertz CT molecular complexity index is 743. The Labute approximate surface area is 163 Å². The molecule has 26 heavy (non-hydrogen) atoms. The number of nitrogens with one attached hydrogen (secondary N) is 2. The van der Waals surface area contributed by atoms with Crippen LogP contribution in [0.25, 0.3) is 0 Å². The molecule has 7 nitrogen and oxygen atoms in total. The van der Waals surface area contributed by atoms with Crippen molar-refractivity contribution >= 4 is 27.6 Å². The molecule has 1 fully saturated rings. The van der Waals surface area contributed by atoms with Crippen molar-refractivity contribution in [2.24, 2.45) is 4.99 Å². The van der Waals surface area contributed by atoms with E-state index in [1.165, 1.54) is 5.69 Å². The summed E-state index contributed by atoms with van der Waals surface area (Å²) in [5.74, 6) is 1.71. The maximum absolute atomic E-state index is 4.69. The maximum Gasteiger partial charge on any atom is 0.191 e. The topological polar surface area (TPSA) is 70.4 Å². The van der Waals surface area contributed by atoms with Gasteiger partial charge in [-0.2, -0.15) is 0 Å². The van der Waals surface area contributed by atoms with E-state index in [2.05, 4.69) is 78.7 Å². The minimum atomic E-state index is 0.365. The quantitative estimate of drug-likeness (QED) is 0.555. The maximum atomic E-state index is 4.69. The summed E-state index contributed by atoms with van der Waals surface area (Å²) in [4.78, 5) is 7.09. The molecular formula is C18H26BrN7. The first kappa shape index (κ1) is 18.7. The molecule has 1 aromatic carbocycles. The number of rotatable bonds is 6. The third-order valence-electron chi connectivity index (χ3n) is 4.48. The summed E-state index contributed by atoms with van der Waals surface area (Å²) >= 11 is 3.65. The third-order valence-corrected chi connectivity index (χ3v) is 5.15. The fraction of sp³-hybridized carbons (Fsp3) is 0.500. The number of guanidine groups is 1. The molecule has 0 radical (unpaired) electrons. The molecule has 1 aliphatic rings. The Kier molecular flexibility index (Phi) is 6.49. The summed E-state index contributed by atoms with van der Waals surface area (Å²) in [5, 5.41) is 15.0. The molecule has 1 aliphatic heterocycles. The van der Waals surface area contributed by atoms with Gasteiger partial charge in [0.2, 0.25) is 0 Å². The molecule has 140 valence electrons. The van der Waals surface area contributed by atoms with Crippen molar-refractivity contribution in [1.29, 1.82) is 0 Å². The van der Waals surface area contributed by atoms with Gasteiger partial charge in [-0.05, 0) is 48.3 Å². The molecule has 0 bridgehead atoms. The molecule has 1 unspecified atom stereocenters. The lowest BCUT2D eigenvalue weighted by Gasteiger charge is -2.21. The zero-order valence-electron chi connectivity index (χ0n) is 15.3. The zero-order chi connectivity index (χ0) is 18.4. The minimum Gasteiger partial charge on any atom is -0.368 e. The molecule has 1 atom stereocenters. The molecule has 0 amide bonds. The van der Waals surface area contributed by atoms with Crippen LogP contribution in [0, 0.1) is 0 Å². The first-order valence-corrected chi connectivity index (χ1v) is 9.91. The first-order chi connectivity index (χ1) is 12.7. The summed E-state index contributed by atoms with van der Waals surface area (Å²) in [6, 6.07) is 8.74. The first-order valence-electron chi connectivity index (χ1n) is 9.12. The van der Waals surface area contributed by atoms with E-state index in [1.54, 1.807) is 6.33 Å². The van der Waals surface area contributed by atoms with Gasteiger partial charge in [0.1, 0.15) is 12.9 Å². The van der Waals surface area contributed by atoms with E-state index < -0.39 is 0 Å². The predicted molar refractivity (Wildman–Crippen MR) is 108 cm³/mol. The van der Waals surface area contributed by atoms with Crippen LogP contribution >= 0.6 is 15.9 Å². The SMILES string of the molecule is CCNC(=NCc1nncn1CC)NC1CCN(c2ccccc2Br)C1. The number of hydrogen-bond acceptors (Lipinski definition) is 4. The van der Waals surface area contributed by atoms with Crippen molar-refractivity contribution in [3.05, 3.63) is 40.9 Å². The lowest BCUT2D eigenvalue weighted by molar-refractivity contribution is 0.644. The summed E-state index contributed by atoms with van der Waals surface area (Å²) in [7, 11) is 0. The second-order valence-electron chi connectivity index (χ2n) is 6.26. The predicted octanol–water partition coefficient (Wildman–Crippen LogP) is 2.39. The highest BCUT2D eigenvalue weighted by molar-refractivity contribution is 9.10. The van der Waals surface area contributed by atoms with Crippen LogP contribution in [0.1, 0.15) is 26.1 Å². The van der Waals surface area contributed by atoms with Crippen molar-refractivity contribution < 1.29 is 0 Å². The van der Waals surface area contributed by atoms with E-state index in [9.17, 15) is 0 Å². The third kappa shape index (κ3) is 4.55. The number of hydrogen-bond donors (Lipinski definition) is 2. The fourth-order valence-corrected chi connectivity index (χ4v) is 3.67. The van der Waals surface area contributed by atoms with Crippen molar-refractivity contribution in [2.45, 2.75) is 39.4 Å². The van der Waals surface area contributed by atoms with Gasteiger partial charge in [-0.25, -0.2) is 4.99 Å². The van der Waals surface area contributed by atoms with Gasteiger partial charge in [0.25, 0.3) is 0 Å². The molecule has 3 rings (SSSR count). The number of benzene rings is 1. The normalized spacial score (nSPS) is 17.6. The number of aliphatic imine (C=N–C) groups is 1. The van der Waals surface area contributed by atoms with Crippen LogP contribution in [0.2, 0.25) is 0 Å². The molecule has 0 saturated carbocycles. The Morgan fingerprint density at radius 2 is 2.19 bits per heavy atom. The molecule has 2 heterocycles. The van der Waals surface area contributed by atoms with Crippen molar-refractivity contribution in [3.8, 4) is 0 Å². The van der Waals surface area contributed by atoms with E-state index in [0.717, 1.165) is 48.9 Å². The Morgan fingerprint density at radius 3 is 2.96 bits per heavy atom. The number of anilines is 1. The van der Waals surface area contributed by atoms with Gasteiger partial charge in [-0.1, -0.05) is 12.1 Å². The van der Waals surface area contributed by atoms with Crippen molar-refractivity contribution in [1.82, 2.24) is 25.4 Å². The highest BCUT2D eigenvalue weighted by atomic mass is 79.9. The summed E-state index contributed by atoms with van der Waals surface area (Å²) in [5.41, 5.74) is 1.25. The zero-order valence-corrected chi connectivity index (χ0v) is 16.9. The van der Waals surface area contributed by atoms with Crippen LogP contribution in [0.3, 0.4) is 0 Å². The second-order valence-corrected chi connectivity index (χ2v) is 7.11. The lowest BCUT2D eigenvalue weighted by Crippen LogP contribution is -2.44. The van der Waals surface area contributed by atoms with E-state index in [1.807, 2.05) is 10.6 Å². The van der Waals surface area contributed by atoms with E-state index in [4.69, 9.17) is 0 Å². The van der Waals surface area contributed by atoms with Gasteiger partial charge in [-0.3, -0.25) is 0 Å². The molecule has 0 spiro atoms. The molecule has 0 aliphatic carbocycles. The number of aromatic nitrogens is 3. The number of halogens is 1. The highest BCUT2D eigenvalue weighted by Crippen LogP contribution is 2.28. The monoisotopic (exact) mass is 419 g/mol. The van der Waals surface area contributed by atoms with Crippen LogP contribution in [0.15, 0.2) is 40.1 Å². The van der Waals surface area contributed by atoms with E-state index in [0.29, 0.717) is 12.6 Å². The smallest absolute Gasteiger partial charge is 0.191 e. The number of para-hydroxylation sites is 1. The van der Waals surface area contributed by atoms with Gasteiger partial charge >= 0.3 is 0 Å². The van der Waals surface area contributed by atoms with Gasteiger partial charge in [0.15, 0.2) is 11.8 Å². The van der Waals surface area contributed by atoms with Crippen molar-refractivity contribution in [2.75, 3.05) is 24.5 Å². The molecular weight excluding hydrogens is 394 g/mol. The van der Waals surface area contributed by atoms with E-state index >= 15 is 0 Å². The summed E-state index contributed by atoms with van der Waals surface area (Å²) in [6.45, 7) is 8.34. The van der Waals surface area contributed by atoms with Crippen molar-refractivity contribution in [3.63, 3.8) is 0 Å². The van der Waals surface area contributed by atoms with Crippen LogP contribution < -0.4 is 15.5 Å². The number of aryl methyl sites for hydroxylation is 1. The largest absolute Gasteiger partial charge is 0.368 e. The summed E-state index contributed by atoms with van der Waals surface area (Å²) < 4.78 is 3.15. The Hall–Kier alpha value is -2.09. The highest BCUT2D eigenvalue weighted by Gasteiger charge is 2.24. The summed E-state index contributed by atoms with van der Waals surface area (Å²) in [6.07, 6.45) is 2.83. The van der Waals surface area contributed by atoms with Gasteiger partial charge in [-0.15, -0.1) is 10.2 Å². The Morgan fingerprint density at radius 1 is 1.35 bits per heavy atom. The Balaban J connectivity index is 1.62. The fourth-order valence-electron chi connectivity index (χ4n) is 3.13. The molecule has 2 aromatic rings. The number of nitrogens with zero attached hydrogens (tertiary/aromatic N) is 5. The van der Waals surface area contributed by atoms with Gasteiger partial charge in [0, 0.05) is 36.7 Å². The lowest BCUT2D eigenvalue weighted by atomic mass is 10.3.